The Morgan fingerprint density at radius 3 is 2.96 bits per heavy atom. The quantitative estimate of drug-likeness (QED) is 0.503. The van der Waals surface area contributed by atoms with Gasteiger partial charge in [-0.25, -0.2) is 4.99 Å². The van der Waals surface area contributed by atoms with Crippen LogP contribution in [0.25, 0.3) is 0 Å². The highest BCUT2D eigenvalue weighted by molar-refractivity contribution is 5.80. The zero-order chi connectivity index (χ0) is 19.8. The van der Waals surface area contributed by atoms with E-state index in [1.165, 1.54) is 0 Å². The lowest BCUT2D eigenvalue weighted by Gasteiger charge is -2.28. The lowest BCUT2D eigenvalue weighted by Crippen LogP contribution is -2.41. The Kier molecular flexibility index (Phi) is 6.73. The van der Waals surface area contributed by atoms with Crippen molar-refractivity contribution >= 4 is 11.9 Å². The van der Waals surface area contributed by atoms with Gasteiger partial charge in [-0.05, 0) is 30.7 Å². The molecule has 1 unspecified atom stereocenters. The Hall–Kier alpha value is -3.22. The van der Waals surface area contributed by atoms with Crippen LogP contribution in [0.5, 0.6) is 11.5 Å². The highest BCUT2D eigenvalue weighted by Crippen LogP contribution is 2.31. The maximum atomic E-state index is 10.9. The molecule has 0 aromatic heterocycles. The third kappa shape index (κ3) is 5.39. The lowest BCUT2D eigenvalue weighted by molar-refractivity contribution is -0.119. The first-order valence-electron chi connectivity index (χ1n) is 9.42. The Bertz CT molecular complexity index is 838. The third-order valence-corrected chi connectivity index (χ3v) is 4.31. The molecular weight excluding hydrogens is 356 g/mol. The summed E-state index contributed by atoms with van der Waals surface area (Å²) >= 11 is 0. The lowest BCUT2D eigenvalue weighted by atomic mass is 10.0. The number of hydrogen-bond donors (Lipinski definition) is 3. The van der Waals surface area contributed by atoms with E-state index in [1.807, 2.05) is 43.3 Å². The molecule has 0 aliphatic carbocycles. The molecule has 0 fully saturated rings. The molecule has 28 heavy (non-hydrogen) atoms. The highest BCUT2D eigenvalue weighted by atomic mass is 16.5. The van der Waals surface area contributed by atoms with Crippen molar-refractivity contribution in [2.24, 2.45) is 10.7 Å². The molecule has 0 spiro atoms. The van der Waals surface area contributed by atoms with Crippen LogP contribution in [0, 0.1) is 0 Å². The molecular formula is C21H26N4O3. The van der Waals surface area contributed by atoms with Crippen molar-refractivity contribution in [3.8, 4) is 11.5 Å². The minimum atomic E-state index is -0.501. The Morgan fingerprint density at radius 2 is 2.14 bits per heavy atom. The van der Waals surface area contributed by atoms with Crippen molar-refractivity contribution < 1.29 is 14.3 Å². The Labute approximate surface area is 164 Å². The van der Waals surface area contributed by atoms with Crippen LogP contribution >= 0.6 is 0 Å². The van der Waals surface area contributed by atoms with Gasteiger partial charge >= 0.3 is 0 Å². The largest absolute Gasteiger partial charge is 0.493 e. The number of hydrogen-bond acceptors (Lipinski definition) is 4. The average Bonchev–Trinajstić information content (AvgIpc) is 2.71. The van der Waals surface area contributed by atoms with Gasteiger partial charge in [0, 0.05) is 18.5 Å². The number of carbonyl (C=O) groups excluding carboxylic acids is 1. The van der Waals surface area contributed by atoms with Crippen molar-refractivity contribution in [2.45, 2.75) is 25.9 Å². The van der Waals surface area contributed by atoms with Gasteiger partial charge in [0.1, 0.15) is 11.5 Å². The Balaban J connectivity index is 1.68. The average molecular weight is 382 g/mol. The van der Waals surface area contributed by atoms with E-state index in [0.29, 0.717) is 18.9 Å². The fourth-order valence-corrected chi connectivity index (χ4v) is 3.04. The molecule has 1 aliphatic heterocycles. The smallest absolute Gasteiger partial charge is 0.255 e. The van der Waals surface area contributed by atoms with Crippen LogP contribution in [0.4, 0.5) is 0 Å². The second kappa shape index (κ2) is 9.64. The summed E-state index contributed by atoms with van der Waals surface area (Å²) in [5.41, 5.74) is 7.24. The number of fused-ring (bicyclic) bond motifs is 1. The second-order valence-electron chi connectivity index (χ2n) is 6.47. The summed E-state index contributed by atoms with van der Waals surface area (Å²) in [4.78, 5) is 15.6. The molecule has 0 radical (unpaired) electrons. The molecule has 148 valence electrons. The molecule has 1 atom stereocenters. The molecule has 4 N–H and O–H groups in total. The van der Waals surface area contributed by atoms with Crippen LogP contribution in [0.15, 0.2) is 53.5 Å². The fourth-order valence-electron chi connectivity index (χ4n) is 3.04. The molecule has 0 saturated heterocycles. The molecule has 2 aromatic carbocycles. The van der Waals surface area contributed by atoms with E-state index in [0.717, 1.165) is 35.8 Å². The van der Waals surface area contributed by atoms with Gasteiger partial charge in [-0.3, -0.25) is 4.79 Å². The van der Waals surface area contributed by atoms with Gasteiger partial charge in [-0.15, -0.1) is 0 Å². The van der Waals surface area contributed by atoms with Gasteiger partial charge in [-0.1, -0.05) is 30.3 Å². The number of aliphatic imine (C=N–C) groups is 1. The molecule has 7 nitrogen and oxygen atoms in total. The zero-order valence-electron chi connectivity index (χ0n) is 16.0. The van der Waals surface area contributed by atoms with Crippen molar-refractivity contribution in [1.82, 2.24) is 10.6 Å². The molecule has 1 heterocycles. The Morgan fingerprint density at radius 1 is 1.29 bits per heavy atom. The first-order chi connectivity index (χ1) is 13.7. The normalized spacial score (nSPS) is 15.9. The second-order valence-corrected chi connectivity index (χ2v) is 6.47. The van der Waals surface area contributed by atoms with Gasteiger partial charge in [0.2, 0.25) is 0 Å². The molecule has 1 aliphatic rings. The molecule has 7 heteroatoms. The number of benzene rings is 2. The number of para-hydroxylation sites is 1. The van der Waals surface area contributed by atoms with Gasteiger partial charge in [0.25, 0.3) is 5.91 Å². The van der Waals surface area contributed by atoms with Crippen LogP contribution in [-0.4, -0.2) is 31.6 Å². The maximum Gasteiger partial charge on any atom is 0.255 e. The van der Waals surface area contributed by atoms with Crippen LogP contribution < -0.4 is 25.8 Å². The van der Waals surface area contributed by atoms with Crippen molar-refractivity contribution in [3.63, 3.8) is 0 Å². The van der Waals surface area contributed by atoms with Crippen molar-refractivity contribution in [1.29, 1.82) is 0 Å². The number of nitrogens with zero attached hydrogens (tertiary/aromatic N) is 1. The molecule has 2 aromatic rings. The maximum absolute atomic E-state index is 10.9. The summed E-state index contributed by atoms with van der Waals surface area (Å²) in [6.45, 7) is 3.81. The molecule has 0 bridgehead atoms. The fraction of sp³-hybridized carbons (Fsp3) is 0.333. The van der Waals surface area contributed by atoms with E-state index in [1.54, 1.807) is 6.07 Å². The zero-order valence-corrected chi connectivity index (χ0v) is 16.0. The molecule has 1 amide bonds. The number of amides is 1. The monoisotopic (exact) mass is 382 g/mol. The van der Waals surface area contributed by atoms with Crippen LogP contribution in [0.1, 0.15) is 30.5 Å². The summed E-state index contributed by atoms with van der Waals surface area (Å²) in [6.07, 6.45) is 0.873. The number of nitrogens with one attached hydrogen (secondary N) is 2. The van der Waals surface area contributed by atoms with E-state index in [4.69, 9.17) is 20.2 Å². The van der Waals surface area contributed by atoms with E-state index < -0.39 is 5.91 Å². The topological polar surface area (TPSA) is 98.0 Å². The first kappa shape index (κ1) is 19.5. The van der Waals surface area contributed by atoms with E-state index in [2.05, 4.69) is 16.7 Å². The van der Waals surface area contributed by atoms with E-state index >= 15 is 0 Å². The predicted molar refractivity (Wildman–Crippen MR) is 108 cm³/mol. The van der Waals surface area contributed by atoms with Gasteiger partial charge < -0.3 is 25.8 Å². The van der Waals surface area contributed by atoms with Crippen molar-refractivity contribution in [2.75, 3.05) is 19.8 Å². The highest BCUT2D eigenvalue weighted by Gasteiger charge is 2.21. The number of nitrogens with two attached hydrogens (primary N) is 1. The van der Waals surface area contributed by atoms with E-state index in [9.17, 15) is 4.79 Å². The SMILES string of the molecule is CCNC(=NCc1cccc(OCC(N)=O)c1)NC1CCOc2ccccc21. The molecule has 3 rings (SSSR count). The minimum Gasteiger partial charge on any atom is -0.493 e. The van der Waals surface area contributed by atoms with Crippen LogP contribution in [-0.2, 0) is 11.3 Å². The standard InChI is InChI=1S/C21H26N4O3/c1-2-23-21(25-18-10-11-27-19-9-4-3-8-17(18)19)24-13-15-6-5-7-16(12-15)28-14-20(22)26/h3-9,12,18H,2,10-11,13-14H2,1H3,(H2,22,26)(H2,23,24,25). The number of guanidine groups is 1. The van der Waals surface area contributed by atoms with Gasteiger partial charge in [-0.2, -0.15) is 0 Å². The summed E-state index contributed by atoms with van der Waals surface area (Å²) < 4.78 is 11.1. The third-order valence-electron chi connectivity index (χ3n) is 4.31. The number of rotatable bonds is 7. The summed E-state index contributed by atoms with van der Waals surface area (Å²) in [7, 11) is 0. The number of primary amides is 1. The van der Waals surface area contributed by atoms with Gasteiger partial charge in [0.15, 0.2) is 12.6 Å². The van der Waals surface area contributed by atoms with Crippen LogP contribution in [0.2, 0.25) is 0 Å². The minimum absolute atomic E-state index is 0.139. The van der Waals surface area contributed by atoms with Crippen LogP contribution in [0.3, 0.4) is 0 Å². The summed E-state index contributed by atoms with van der Waals surface area (Å²) in [5, 5.41) is 6.80. The predicted octanol–water partition coefficient (Wildman–Crippen LogP) is 2.13. The molecule has 0 saturated carbocycles. The summed E-state index contributed by atoms with van der Waals surface area (Å²) in [6, 6.07) is 15.7. The van der Waals surface area contributed by atoms with E-state index in [-0.39, 0.29) is 12.6 Å². The van der Waals surface area contributed by atoms with Gasteiger partial charge in [0.05, 0.1) is 19.2 Å². The number of ether oxygens (including phenoxy) is 2. The first-order valence-corrected chi connectivity index (χ1v) is 9.42. The van der Waals surface area contributed by atoms with Crippen molar-refractivity contribution in [3.05, 3.63) is 59.7 Å². The summed E-state index contributed by atoms with van der Waals surface area (Å²) in [5.74, 6) is 1.76. The number of carbonyl (C=O) groups is 1.